The van der Waals surface area contributed by atoms with E-state index in [0.717, 1.165) is 5.69 Å². The molecule has 0 aliphatic carbocycles. The van der Waals surface area contributed by atoms with Crippen molar-refractivity contribution >= 4 is 11.7 Å². The number of carbonyl (C=O) groups excluding carboxylic acids is 1. The van der Waals surface area contributed by atoms with Crippen molar-refractivity contribution < 1.29 is 9.53 Å². The Kier molecular flexibility index (Phi) is 5.35. The Labute approximate surface area is 157 Å². The highest BCUT2D eigenvalue weighted by atomic mass is 16.5. The summed E-state index contributed by atoms with van der Waals surface area (Å²) in [5, 5.41) is 14.0. The lowest BCUT2D eigenvalue weighted by molar-refractivity contribution is 0.241. The highest BCUT2D eigenvalue weighted by molar-refractivity contribution is 5.91. The van der Waals surface area contributed by atoms with Crippen LogP contribution in [0, 0.1) is 0 Å². The minimum absolute atomic E-state index is 0.378. The van der Waals surface area contributed by atoms with Gasteiger partial charge in [0.2, 0.25) is 5.88 Å². The van der Waals surface area contributed by atoms with Gasteiger partial charge in [-0.05, 0) is 45.0 Å². The van der Waals surface area contributed by atoms with Crippen molar-refractivity contribution in [2.24, 2.45) is 0 Å². The van der Waals surface area contributed by atoms with Crippen LogP contribution in [0.1, 0.15) is 26.5 Å². The van der Waals surface area contributed by atoms with Crippen molar-refractivity contribution in [1.29, 1.82) is 0 Å². The van der Waals surface area contributed by atoms with Gasteiger partial charge in [0.05, 0.1) is 24.0 Å². The van der Waals surface area contributed by atoms with Crippen LogP contribution >= 0.6 is 0 Å². The topological polar surface area (TPSA) is 94.0 Å². The lowest BCUT2D eigenvalue weighted by atomic mass is 10.0. The van der Waals surface area contributed by atoms with Gasteiger partial charge in [-0.3, -0.25) is 0 Å². The number of urea groups is 1. The van der Waals surface area contributed by atoms with Crippen molar-refractivity contribution in [1.82, 2.24) is 25.3 Å². The minimum Gasteiger partial charge on any atom is -0.476 e. The number of hydrogen-bond donors (Lipinski definition) is 2. The van der Waals surface area contributed by atoms with Crippen LogP contribution in [0.3, 0.4) is 0 Å². The number of aromatic nitrogens is 4. The molecular weight excluding hydrogens is 344 g/mol. The zero-order valence-electron chi connectivity index (χ0n) is 15.5. The summed E-state index contributed by atoms with van der Waals surface area (Å²) in [6, 6.07) is 12.7. The first-order valence-electron chi connectivity index (χ1n) is 8.65. The number of ether oxygens (including phenoxy) is 1. The maximum atomic E-state index is 12.5. The number of pyridine rings is 1. The molecular formula is C19H22N6O2. The second-order valence-electron chi connectivity index (χ2n) is 6.38. The molecule has 0 saturated heterocycles. The van der Waals surface area contributed by atoms with Crippen molar-refractivity contribution in [3.8, 4) is 11.6 Å². The number of rotatable bonds is 6. The van der Waals surface area contributed by atoms with Crippen LogP contribution in [0.2, 0.25) is 0 Å². The van der Waals surface area contributed by atoms with E-state index in [2.05, 4.69) is 25.9 Å². The number of para-hydroxylation sites is 1. The predicted molar refractivity (Wildman–Crippen MR) is 102 cm³/mol. The Balaban J connectivity index is 1.71. The Morgan fingerprint density at radius 2 is 1.96 bits per heavy atom. The van der Waals surface area contributed by atoms with Gasteiger partial charge in [-0.15, -0.1) is 5.10 Å². The molecule has 2 N–H and O–H groups in total. The van der Waals surface area contributed by atoms with Crippen LogP contribution in [0.4, 0.5) is 10.5 Å². The molecule has 2 heterocycles. The van der Waals surface area contributed by atoms with Crippen LogP contribution in [0.5, 0.6) is 5.88 Å². The maximum absolute atomic E-state index is 12.5. The highest BCUT2D eigenvalue weighted by Gasteiger charge is 2.27. The monoisotopic (exact) mass is 366 g/mol. The number of nitrogens with one attached hydrogen (secondary N) is 2. The summed E-state index contributed by atoms with van der Waals surface area (Å²) >= 11 is 0. The summed E-state index contributed by atoms with van der Waals surface area (Å²) in [6.07, 6.45) is 3.41. The van der Waals surface area contributed by atoms with Crippen LogP contribution < -0.4 is 15.4 Å². The fourth-order valence-electron chi connectivity index (χ4n) is 2.50. The van der Waals surface area contributed by atoms with Crippen molar-refractivity contribution in [3.05, 3.63) is 60.6 Å². The molecule has 0 bridgehead atoms. The van der Waals surface area contributed by atoms with Crippen LogP contribution in [-0.4, -0.2) is 32.6 Å². The second-order valence-corrected chi connectivity index (χ2v) is 6.38. The number of amides is 2. The molecule has 0 aliphatic rings. The molecule has 2 aromatic heterocycles. The van der Waals surface area contributed by atoms with Crippen LogP contribution in [0.25, 0.3) is 5.69 Å². The lowest BCUT2D eigenvalue weighted by Gasteiger charge is -2.24. The van der Waals surface area contributed by atoms with E-state index in [9.17, 15) is 4.79 Å². The first-order chi connectivity index (χ1) is 13.0. The third-order valence-electron chi connectivity index (χ3n) is 3.88. The average molecular weight is 366 g/mol. The summed E-state index contributed by atoms with van der Waals surface area (Å²) < 4.78 is 7.10. The molecule has 3 rings (SSSR count). The standard InChI is InChI=1S/C19H22N6O2/c1-4-27-17-15(11-8-12-20-17)21-18(26)22-19(2,3)16-13-25(24-23-16)14-9-6-5-7-10-14/h5-13H,4H2,1-3H3,(H2,21,22,26). The summed E-state index contributed by atoms with van der Waals surface area (Å²) in [4.78, 5) is 16.6. The van der Waals surface area contributed by atoms with E-state index in [4.69, 9.17) is 4.74 Å². The molecule has 0 unspecified atom stereocenters. The Hall–Kier alpha value is -3.42. The Bertz CT molecular complexity index is 907. The molecule has 0 atom stereocenters. The third-order valence-corrected chi connectivity index (χ3v) is 3.88. The van der Waals surface area contributed by atoms with Gasteiger partial charge in [-0.1, -0.05) is 23.4 Å². The normalized spacial score (nSPS) is 11.1. The van der Waals surface area contributed by atoms with Gasteiger partial charge in [0.1, 0.15) is 11.4 Å². The number of carbonyl (C=O) groups is 1. The smallest absolute Gasteiger partial charge is 0.320 e. The fourth-order valence-corrected chi connectivity index (χ4v) is 2.50. The van der Waals surface area contributed by atoms with Gasteiger partial charge < -0.3 is 15.4 Å². The van der Waals surface area contributed by atoms with Crippen LogP contribution in [0.15, 0.2) is 54.9 Å². The van der Waals surface area contributed by atoms with Gasteiger partial charge in [-0.2, -0.15) is 0 Å². The quantitative estimate of drug-likeness (QED) is 0.699. The fraction of sp³-hybridized carbons (Fsp3) is 0.263. The van der Waals surface area contributed by atoms with E-state index >= 15 is 0 Å². The van der Waals surface area contributed by atoms with E-state index in [1.165, 1.54) is 0 Å². The van der Waals surface area contributed by atoms with Crippen molar-refractivity contribution in [3.63, 3.8) is 0 Å². The van der Waals surface area contributed by atoms with Gasteiger partial charge >= 0.3 is 6.03 Å². The lowest BCUT2D eigenvalue weighted by Crippen LogP contribution is -2.43. The molecule has 0 fully saturated rings. The average Bonchev–Trinajstić information content (AvgIpc) is 3.15. The molecule has 8 heteroatoms. The van der Waals surface area contributed by atoms with Gasteiger partial charge in [0.15, 0.2) is 0 Å². The first-order valence-corrected chi connectivity index (χ1v) is 8.65. The molecule has 0 saturated carbocycles. The Morgan fingerprint density at radius 3 is 2.70 bits per heavy atom. The summed E-state index contributed by atoms with van der Waals surface area (Å²) in [5.41, 5.74) is 1.30. The molecule has 1 aromatic carbocycles. The van der Waals surface area contributed by atoms with Gasteiger partial charge in [0.25, 0.3) is 0 Å². The van der Waals surface area contributed by atoms with E-state index in [-0.39, 0.29) is 6.03 Å². The van der Waals surface area contributed by atoms with E-state index in [1.54, 1.807) is 29.2 Å². The second kappa shape index (κ2) is 7.86. The molecule has 140 valence electrons. The SMILES string of the molecule is CCOc1ncccc1NC(=O)NC(C)(C)c1cn(-c2ccccc2)nn1. The number of hydrogen-bond acceptors (Lipinski definition) is 5. The molecule has 0 aliphatic heterocycles. The molecule has 8 nitrogen and oxygen atoms in total. The molecule has 0 radical (unpaired) electrons. The largest absolute Gasteiger partial charge is 0.476 e. The maximum Gasteiger partial charge on any atom is 0.320 e. The third kappa shape index (κ3) is 4.41. The minimum atomic E-state index is -0.731. The predicted octanol–water partition coefficient (Wildman–Crippen LogP) is 3.12. The zero-order valence-corrected chi connectivity index (χ0v) is 15.5. The van der Waals surface area contributed by atoms with E-state index in [0.29, 0.717) is 23.9 Å². The number of anilines is 1. The van der Waals surface area contributed by atoms with Crippen molar-refractivity contribution in [2.75, 3.05) is 11.9 Å². The van der Waals surface area contributed by atoms with Gasteiger partial charge in [-0.25, -0.2) is 14.5 Å². The highest BCUT2D eigenvalue weighted by Crippen LogP contribution is 2.22. The molecule has 3 aromatic rings. The Morgan fingerprint density at radius 1 is 1.19 bits per heavy atom. The molecule has 27 heavy (non-hydrogen) atoms. The summed E-state index contributed by atoms with van der Waals surface area (Å²) in [7, 11) is 0. The molecule has 2 amide bonds. The number of nitrogens with zero attached hydrogens (tertiary/aromatic N) is 4. The van der Waals surface area contributed by atoms with Crippen molar-refractivity contribution in [2.45, 2.75) is 26.3 Å². The van der Waals surface area contributed by atoms with E-state index < -0.39 is 5.54 Å². The number of benzene rings is 1. The van der Waals surface area contributed by atoms with E-state index in [1.807, 2.05) is 51.1 Å². The molecule has 0 spiro atoms. The zero-order chi connectivity index (χ0) is 19.3. The van der Waals surface area contributed by atoms with Crippen LogP contribution in [-0.2, 0) is 5.54 Å². The van der Waals surface area contributed by atoms with Gasteiger partial charge in [0, 0.05) is 6.20 Å². The first kappa shape index (κ1) is 18.4. The summed E-state index contributed by atoms with van der Waals surface area (Å²) in [5.74, 6) is 0.378. The summed E-state index contributed by atoms with van der Waals surface area (Å²) in [6.45, 7) is 6.04.